The molecular formula is C20H22FN5O2. The van der Waals surface area contributed by atoms with E-state index in [0.29, 0.717) is 11.7 Å². The van der Waals surface area contributed by atoms with Gasteiger partial charge in [0.2, 0.25) is 11.7 Å². The minimum atomic E-state index is -0.284. The molecule has 1 aliphatic heterocycles. The number of rotatable bonds is 3. The summed E-state index contributed by atoms with van der Waals surface area (Å²) in [6.07, 6.45) is 4.45. The highest BCUT2D eigenvalue weighted by molar-refractivity contribution is 5.53. The topological polar surface area (TPSA) is 78.9 Å². The summed E-state index contributed by atoms with van der Waals surface area (Å²) in [5.41, 5.74) is 2.96. The van der Waals surface area contributed by atoms with Crippen molar-refractivity contribution in [2.75, 3.05) is 13.2 Å². The Balaban J connectivity index is 1.36. The lowest BCUT2D eigenvalue weighted by Gasteiger charge is -2.35. The quantitative estimate of drug-likeness (QED) is 0.691. The fourth-order valence-electron chi connectivity index (χ4n) is 4.17. The minimum absolute atomic E-state index is 0.0219. The van der Waals surface area contributed by atoms with Gasteiger partial charge >= 0.3 is 0 Å². The Morgan fingerprint density at radius 3 is 2.75 bits per heavy atom. The molecule has 28 heavy (non-hydrogen) atoms. The predicted octanol–water partition coefficient (Wildman–Crippen LogP) is 3.27. The van der Waals surface area contributed by atoms with Crippen molar-refractivity contribution < 1.29 is 13.7 Å². The van der Waals surface area contributed by atoms with Gasteiger partial charge in [0.15, 0.2) is 0 Å². The van der Waals surface area contributed by atoms with Gasteiger partial charge < -0.3 is 9.26 Å². The number of benzene rings is 1. The van der Waals surface area contributed by atoms with E-state index in [1.807, 2.05) is 0 Å². The molecule has 1 saturated heterocycles. The molecule has 1 atom stereocenters. The Labute approximate surface area is 161 Å². The van der Waals surface area contributed by atoms with E-state index < -0.39 is 0 Å². The van der Waals surface area contributed by atoms with Gasteiger partial charge in [0.25, 0.3) is 0 Å². The molecule has 0 N–H and O–H groups in total. The number of halogens is 1. The average molecular weight is 383 g/mol. The number of ether oxygens (including phenoxy) is 1. The fraction of sp³-hybridized carbons (Fsp3) is 0.500. The van der Waals surface area contributed by atoms with Gasteiger partial charge in [-0.3, -0.25) is 0 Å². The van der Waals surface area contributed by atoms with Gasteiger partial charge in [-0.1, -0.05) is 10.4 Å². The molecule has 146 valence electrons. The van der Waals surface area contributed by atoms with Crippen LogP contribution in [0.2, 0.25) is 0 Å². The predicted molar refractivity (Wildman–Crippen MR) is 98.2 cm³/mol. The number of hydrogen-bond donors (Lipinski definition) is 0. The Kier molecular flexibility index (Phi) is 4.23. The molecule has 0 spiro atoms. The molecule has 0 saturated carbocycles. The van der Waals surface area contributed by atoms with Crippen LogP contribution in [0.15, 0.2) is 28.8 Å². The maximum atomic E-state index is 13.1. The van der Waals surface area contributed by atoms with Crippen molar-refractivity contribution in [1.29, 1.82) is 0 Å². The Bertz CT molecular complexity index is 975. The van der Waals surface area contributed by atoms with E-state index in [9.17, 15) is 4.39 Å². The van der Waals surface area contributed by atoms with E-state index in [4.69, 9.17) is 9.26 Å². The average Bonchev–Trinajstić information content (AvgIpc) is 3.36. The van der Waals surface area contributed by atoms with E-state index in [2.05, 4.69) is 32.1 Å². The summed E-state index contributed by atoms with van der Waals surface area (Å²) in [5, 5.41) is 13.0. The summed E-state index contributed by atoms with van der Waals surface area (Å²) in [4.78, 5) is 4.55. The van der Waals surface area contributed by atoms with Gasteiger partial charge in [-0.25, -0.2) is 9.07 Å². The molecule has 1 aromatic carbocycles. The monoisotopic (exact) mass is 383 g/mol. The first-order chi connectivity index (χ1) is 13.6. The fourth-order valence-corrected chi connectivity index (χ4v) is 4.17. The Hall–Kier alpha value is -2.61. The first kappa shape index (κ1) is 17.5. The minimum Gasteiger partial charge on any atom is -0.381 e. The van der Waals surface area contributed by atoms with Crippen LogP contribution < -0.4 is 0 Å². The van der Waals surface area contributed by atoms with Crippen LogP contribution in [0.5, 0.6) is 0 Å². The van der Waals surface area contributed by atoms with Crippen molar-refractivity contribution >= 4 is 0 Å². The zero-order chi connectivity index (χ0) is 19.1. The van der Waals surface area contributed by atoms with E-state index in [1.54, 1.807) is 12.1 Å². The standard InChI is InChI=1S/C20H22FN5O2/c1-20(8-10-27-11-9-20)26-17-7-4-14(12-16(17)23-25-26)19-22-18(24-28-19)13-2-5-15(21)6-3-13/h2-3,5-6,14H,4,7-12H2,1H3. The lowest BCUT2D eigenvalue weighted by Crippen LogP contribution is -2.39. The normalized spacial score (nSPS) is 21.4. The van der Waals surface area contributed by atoms with Gasteiger partial charge in [0.05, 0.1) is 16.9 Å². The maximum Gasteiger partial charge on any atom is 0.230 e. The van der Waals surface area contributed by atoms with E-state index in [0.717, 1.165) is 56.6 Å². The van der Waals surface area contributed by atoms with Crippen LogP contribution in [-0.4, -0.2) is 38.3 Å². The highest BCUT2D eigenvalue weighted by Crippen LogP contribution is 2.36. The van der Waals surface area contributed by atoms with Crippen molar-refractivity contribution in [2.45, 2.75) is 50.5 Å². The molecule has 0 bridgehead atoms. The smallest absolute Gasteiger partial charge is 0.230 e. The molecule has 1 unspecified atom stereocenters. The van der Waals surface area contributed by atoms with E-state index in [1.165, 1.54) is 17.8 Å². The number of fused-ring (bicyclic) bond motifs is 1. The molecule has 3 heterocycles. The zero-order valence-electron chi connectivity index (χ0n) is 15.8. The third-order valence-electron chi connectivity index (χ3n) is 5.99. The summed E-state index contributed by atoms with van der Waals surface area (Å²) in [6, 6.07) is 6.10. The van der Waals surface area contributed by atoms with Crippen molar-refractivity contribution in [3.05, 3.63) is 47.4 Å². The van der Waals surface area contributed by atoms with E-state index in [-0.39, 0.29) is 17.3 Å². The summed E-state index contributed by atoms with van der Waals surface area (Å²) in [7, 11) is 0. The van der Waals surface area contributed by atoms with Crippen LogP contribution in [0.25, 0.3) is 11.4 Å². The van der Waals surface area contributed by atoms with Crippen LogP contribution in [0, 0.1) is 5.82 Å². The van der Waals surface area contributed by atoms with Crippen LogP contribution in [-0.2, 0) is 23.1 Å². The SMILES string of the molecule is CC1(n2nnc3c2CCC(c2nc(-c4ccc(F)cc4)no2)C3)CCOCC1. The van der Waals surface area contributed by atoms with Gasteiger partial charge in [-0.15, -0.1) is 5.10 Å². The molecular weight excluding hydrogens is 361 g/mol. The van der Waals surface area contributed by atoms with Crippen molar-refractivity contribution in [1.82, 2.24) is 25.1 Å². The maximum absolute atomic E-state index is 13.1. The van der Waals surface area contributed by atoms with Gasteiger partial charge in [-0.05, 0) is 56.9 Å². The largest absolute Gasteiger partial charge is 0.381 e. The molecule has 5 rings (SSSR count). The first-order valence-corrected chi connectivity index (χ1v) is 9.74. The second-order valence-corrected chi connectivity index (χ2v) is 7.91. The summed E-state index contributed by atoms with van der Waals surface area (Å²) < 4.78 is 26.3. The molecule has 1 fully saturated rings. The lowest BCUT2D eigenvalue weighted by atomic mass is 9.87. The van der Waals surface area contributed by atoms with E-state index >= 15 is 0 Å². The molecule has 7 nitrogen and oxygen atoms in total. The van der Waals surface area contributed by atoms with Crippen LogP contribution in [0.3, 0.4) is 0 Å². The molecule has 0 amide bonds. The van der Waals surface area contributed by atoms with Crippen LogP contribution in [0.4, 0.5) is 4.39 Å². The number of aromatic nitrogens is 5. The molecule has 2 aromatic heterocycles. The van der Waals surface area contributed by atoms with Gasteiger partial charge in [0.1, 0.15) is 5.82 Å². The lowest BCUT2D eigenvalue weighted by molar-refractivity contribution is 0.0218. The van der Waals surface area contributed by atoms with Crippen molar-refractivity contribution in [3.63, 3.8) is 0 Å². The van der Waals surface area contributed by atoms with Gasteiger partial charge in [0, 0.05) is 31.1 Å². The zero-order valence-corrected chi connectivity index (χ0v) is 15.8. The summed E-state index contributed by atoms with van der Waals surface area (Å²) in [5.74, 6) is 0.936. The third-order valence-corrected chi connectivity index (χ3v) is 5.99. The highest BCUT2D eigenvalue weighted by Gasteiger charge is 2.36. The first-order valence-electron chi connectivity index (χ1n) is 9.74. The van der Waals surface area contributed by atoms with Gasteiger partial charge in [-0.2, -0.15) is 4.98 Å². The van der Waals surface area contributed by atoms with Crippen LogP contribution >= 0.6 is 0 Å². The van der Waals surface area contributed by atoms with Crippen molar-refractivity contribution in [2.24, 2.45) is 0 Å². The molecule has 2 aliphatic rings. The number of nitrogens with zero attached hydrogens (tertiary/aromatic N) is 5. The second kappa shape index (κ2) is 6.77. The molecule has 3 aromatic rings. The Morgan fingerprint density at radius 1 is 1.18 bits per heavy atom. The summed E-state index contributed by atoms with van der Waals surface area (Å²) in [6.45, 7) is 3.77. The molecule has 0 radical (unpaired) electrons. The molecule has 1 aliphatic carbocycles. The Morgan fingerprint density at radius 2 is 1.96 bits per heavy atom. The summed E-state index contributed by atoms with van der Waals surface area (Å²) >= 11 is 0. The second-order valence-electron chi connectivity index (χ2n) is 7.91. The van der Waals surface area contributed by atoms with Crippen LogP contribution in [0.1, 0.15) is 49.4 Å². The number of hydrogen-bond acceptors (Lipinski definition) is 6. The van der Waals surface area contributed by atoms with Crippen molar-refractivity contribution in [3.8, 4) is 11.4 Å². The third kappa shape index (κ3) is 3.01. The molecule has 8 heteroatoms. The highest BCUT2D eigenvalue weighted by atomic mass is 19.1.